The maximum absolute atomic E-state index is 5.91. The predicted molar refractivity (Wildman–Crippen MR) is 81.8 cm³/mol. The highest BCUT2D eigenvalue weighted by Gasteiger charge is 2.03. The van der Waals surface area contributed by atoms with E-state index < -0.39 is 0 Å². The number of benzene rings is 2. The van der Waals surface area contributed by atoms with Crippen LogP contribution in [0.1, 0.15) is 22.6 Å². The SMILES string of the molecule is c1ccc(CCc2ccc(Cc3ccccc3)o2)cc1. The molecule has 0 spiro atoms. The van der Waals surface area contributed by atoms with Crippen LogP contribution in [0.4, 0.5) is 0 Å². The summed E-state index contributed by atoms with van der Waals surface area (Å²) in [5.41, 5.74) is 2.64. The second-order valence-corrected chi connectivity index (χ2v) is 5.02. The molecule has 100 valence electrons. The molecule has 1 nitrogen and oxygen atoms in total. The van der Waals surface area contributed by atoms with E-state index in [2.05, 4.69) is 60.7 Å². The number of hydrogen-bond donors (Lipinski definition) is 0. The summed E-state index contributed by atoms with van der Waals surface area (Å²) in [5, 5.41) is 0. The summed E-state index contributed by atoms with van der Waals surface area (Å²) in [6.45, 7) is 0. The average Bonchev–Trinajstić information content (AvgIpc) is 2.95. The summed E-state index contributed by atoms with van der Waals surface area (Å²) in [7, 11) is 0. The zero-order valence-corrected chi connectivity index (χ0v) is 11.5. The van der Waals surface area contributed by atoms with Crippen molar-refractivity contribution in [3.05, 3.63) is 95.4 Å². The van der Waals surface area contributed by atoms with E-state index >= 15 is 0 Å². The van der Waals surface area contributed by atoms with Crippen LogP contribution in [0.5, 0.6) is 0 Å². The summed E-state index contributed by atoms with van der Waals surface area (Å²) in [5.74, 6) is 2.11. The van der Waals surface area contributed by atoms with Gasteiger partial charge in [0, 0.05) is 12.8 Å². The van der Waals surface area contributed by atoms with Crippen molar-refractivity contribution in [1.29, 1.82) is 0 Å². The van der Waals surface area contributed by atoms with Crippen LogP contribution >= 0.6 is 0 Å². The fourth-order valence-electron chi connectivity index (χ4n) is 2.36. The topological polar surface area (TPSA) is 13.1 Å². The van der Waals surface area contributed by atoms with E-state index in [0.29, 0.717) is 0 Å². The molecule has 0 aliphatic carbocycles. The molecule has 0 saturated heterocycles. The summed E-state index contributed by atoms with van der Waals surface area (Å²) < 4.78 is 5.91. The molecule has 0 saturated carbocycles. The van der Waals surface area contributed by atoms with E-state index in [0.717, 1.165) is 30.8 Å². The largest absolute Gasteiger partial charge is 0.466 e. The summed E-state index contributed by atoms with van der Waals surface area (Å²) in [6.07, 6.45) is 2.85. The van der Waals surface area contributed by atoms with Gasteiger partial charge in [-0.15, -0.1) is 0 Å². The maximum Gasteiger partial charge on any atom is 0.108 e. The van der Waals surface area contributed by atoms with Crippen molar-refractivity contribution in [3.8, 4) is 0 Å². The zero-order chi connectivity index (χ0) is 13.6. The molecule has 0 atom stereocenters. The Morgan fingerprint density at radius 1 is 0.550 bits per heavy atom. The number of rotatable bonds is 5. The molecule has 3 aromatic rings. The van der Waals surface area contributed by atoms with Crippen LogP contribution in [0.3, 0.4) is 0 Å². The van der Waals surface area contributed by atoms with Gasteiger partial charge in [0.15, 0.2) is 0 Å². The van der Waals surface area contributed by atoms with Crippen molar-refractivity contribution in [3.63, 3.8) is 0 Å². The van der Waals surface area contributed by atoms with E-state index in [9.17, 15) is 0 Å². The van der Waals surface area contributed by atoms with Gasteiger partial charge in [0.25, 0.3) is 0 Å². The third-order valence-corrected chi connectivity index (χ3v) is 3.44. The van der Waals surface area contributed by atoms with E-state index in [1.807, 2.05) is 12.1 Å². The van der Waals surface area contributed by atoms with Crippen LogP contribution in [-0.2, 0) is 19.3 Å². The van der Waals surface area contributed by atoms with Gasteiger partial charge in [0.1, 0.15) is 11.5 Å². The summed E-state index contributed by atoms with van der Waals surface area (Å²) in [6, 6.07) is 25.2. The van der Waals surface area contributed by atoms with Gasteiger partial charge in [-0.1, -0.05) is 60.7 Å². The van der Waals surface area contributed by atoms with Crippen molar-refractivity contribution in [2.24, 2.45) is 0 Å². The quantitative estimate of drug-likeness (QED) is 0.652. The molecule has 0 bridgehead atoms. The minimum absolute atomic E-state index is 0.867. The lowest BCUT2D eigenvalue weighted by Gasteiger charge is -2.00. The van der Waals surface area contributed by atoms with Crippen molar-refractivity contribution < 1.29 is 4.42 Å². The molecule has 3 rings (SSSR count). The molecule has 0 radical (unpaired) electrons. The molecule has 0 unspecified atom stereocenters. The van der Waals surface area contributed by atoms with Gasteiger partial charge in [-0.05, 0) is 29.7 Å². The van der Waals surface area contributed by atoms with E-state index in [1.54, 1.807) is 0 Å². The van der Waals surface area contributed by atoms with E-state index in [4.69, 9.17) is 4.42 Å². The van der Waals surface area contributed by atoms with Crippen molar-refractivity contribution in [1.82, 2.24) is 0 Å². The maximum atomic E-state index is 5.91. The number of aryl methyl sites for hydroxylation is 2. The van der Waals surface area contributed by atoms with Gasteiger partial charge in [-0.2, -0.15) is 0 Å². The lowest BCUT2D eigenvalue weighted by molar-refractivity contribution is 0.472. The lowest BCUT2D eigenvalue weighted by atomic mass is 10.1. The van der Waals surface area contributed by atoms with Gasteiger partial charge in [0.2, 0.25) is 0 Å². The Balaban J connectivity index is 1.60. The molecule has 2 aromatic carbocycles. The molecule has 0 amide bonds. The Morgan fingerprint density at radius 3 is 1.85 bits per heavy atom. The van der Waals surface area contributed by atoms with Crippen LogP contribution in [0.25, 0.3) is 0 Å². The highest BCUT2D eigenvalue weighted by molar-refractivity contribution is 5.22. The molecule has 1 heterocycles. The second-order valence-electron chi connectivity index (χ2n) is 5.02. The van der Waals surface area contributed by atoms with Gasteiger partial charge in [-0.3, -0.25) is 0 Å². The average molecular weight is 262 g/mol. The zero-order valence-electron chi connectivity index (χ0n) is 11.5. The monoisotopic (exact) mass is 262 g/mol. The second kappa shape index (κ2) is 6.25. The van der Waals surface area contributed by atoms with Gasteiger partial charge >= 0.3 is 0 Å². The first-order valence-corrected chi connectivity index (χ1v) is 7.05. The molecular formula is C19H18O. The van der Waals surface area contributed by atoms with Gasteiger partial charge in [0.05, 0.1) is 0 Å². The van der Waals surface area contributed by atoms with Crippen LogP contribution in [-0.4, -0.2) is 0 Å². The van der Waals surface area contributed by atoms with Crippen LogP contribution in [0.2, 0.25) is 0 Å². The van der Waals surface area contributed by atoms with Crippen LogP contribution in [0, 0.1) is 0 Å². The Labute approximate surface area is 119 Å². The minimum atomic E-state index is 0.867. The molecular weight excluding hydrogens is 244 g/mol. The molecule has 20 heavy (non-hydrogen) atoms. The Hall–Kier alpha value is -2.28. The first kappa shape index (κ1) is 12.7. The van der Waals surface area contributed by atoms with Crippen molar-refractivity contribution in [2.75, 3.05) is 0 Å². The highest BCUT2D eigenvalue weighted by Crippen LogP contribution is 2.15. The first-order valence-electron chi connectivity index (χ1n) is 7.05. The number of furan rings is 1. The molecule has 0 N–H and O–H groups in total. The third kappa shape index (κ3) is 3.39. The van der Waals surface area contributed by atoms with Crippen molar-refractivity contribution in [2.45, 2.75) is 19.3 Å². The van der Waals surface area contributed by atoms with Crippen LogP contribution in [0.15, 0.2) is 77.2 Å². The molecule has 1 aromatic heterocycles. The van der Waals surface area contributed by atoms with Gasteiger partial charge in [-0.25, -0.2) is 0 Å². The van der Waals surface area contributed by atoms with E-state index in [-0.39, 0.29) is 0 Å². The normalized spacial score (nSPS) is 10.6. The predicted octanol–water partition coefficient (Wildman–Crippen LogP) is 4.66. The third-order valence-electron chi connectivity index (χ3n) is 3.44. The summed E-state index contributed by atoms with van der Waals surface area (Å²) >= 11 is 0. The molecule has 0 fully saturated rings. The highest BCUT2D eigenvalue weighted by atomic mass is 16.3. The van der Waals surface area contributed by atoms with E-state index in [1.165, 1.54) is 11.1 Å². The number of hydrogen-bond acceptors (Lipinski definition) is 1. The Morgan fingerprint density at radius 2 is 1.15 bits per heavy atom. The fourth-order valence-corrected chi connectivity index (χ4v) is 2.36. The smallest absolute Gasteiger partial charge is 0.108 e. The molecule has 0 aliphatic rings. The Bertz CT molecular complexity index is 638. The fraction of sp³-hybridized carbons (Fsp3) is 0.158. The summed E-state index contributed by atoms with van der Waals surface area (Å²) in [4.78, 5) is 0. The Kier molecular flexibility index (Phi) is 3.98. The molecule has 0 aliphatic heterocycles. The standard InChI is InChI=1S/C19H18O/c1-3-7-16(8-4-1)11-12-18-13-14-19(20-18)15-17-9-5-2-6-10-17/h1-10,13-14H,11-12,15H2. The first-order chi connectivity index (χ1) is 9.90. The lowest BCUT2D eigenvalue weighted by Crippen LogP contribution is -1.89. The molecule has 1 heteroatoms. The van der Waals surface area contributed by atoms with Crippen LogP contribution < -0.4 is 0 Å². The minimum Gasteiger partial charge on any atom is -0.466 e. The van der Waals surface area contributed by atoms with Crippen molar-refractivity contribution >= 4 is 0 Å². The van der Waals surface area contributed by atoms with Gasteiger partial charge < -0.3 is 4.42 Å².